The van der Waals surface area contributed by atoms with Crippen LogP contribution in [0.25, 0.3) is 0 Å². The van der Waals surface area contributed by atoms with Crippen LogP contribution >= 0.6 is 0 Å². The Morgan fingerprint density at radius 2 is 2.00 bits per heavy atom. The van der Waals surface area contributed by atoms with Crippen LogP contribution in [-0.4, -0.2) is 11.7 Å². The molecule has 1 rings (SSSR count). The van der Waals surface area contributed by atoms with E-state index in [-0.39, 0.29) is 0 Å². The summed E-state index contributed by atoms with van der Waals surface area (Å²) in [7, 11) is 0. The molecule has 1 atom stereocenters. The number of rotatable bonds is 4. The van der Waals surface area contributed by atoms with E-state index >= 15 is 0 Å². The zero-order valence-electron chi connectivity index (χ0n) is 7.55. The van der Waals surface area contributed by atoms with Gasteiger partial charge in [0.05, 0.1) is 0 Å². The Balaban J connectivity index is 2.12. The van der Waals surface area contributed by atoms with Crippen molar-refractivity contribution in [3.8, 4) is 0 Å². The predicted octanol–water partition coefficient (Wildman–Crippen LogP) is 2.59. The highest BCUT2D eigenvalue weighted by molar-refractivity contribution is 4.72. The van der Waals surface area contributed by atoms with Gasteiger partial charge in [0, 0.05) is 6.61 Å². The summed E-state index contributed by atoms with van der Waals surface area (Å²) in [5.74, 6) is 1.83. The van der Waals surface area contributed by atoms with Crippen molar-refractivity contribution in [2.45, 2.75) is 45.4 Å². The molecule has 0 radical (unpaired) electrons. The molecule has 0 aliphatic heterocycles. The predicted molar refractivity (Wildman–Crippen MR) is 47.4 cm³/mol. The zero-order valence-corrected chi connectivity index (χ0v) is 7.55. The van der Waals surface area contributed by atoms with Crippen LogP contribution in [0.15, 0.2) is 0 Å². The van der Waals surface area contributed by atoms with Crippen molar-refractivity contribution in [1.29, 1.82) is 0 Å². The lowest BCUT2D eigenvalue weighted by atomic mass is 9.89. The molecule has 1 aliphatic carbocycles. The van der Waals surface area contributed by atoms with Crippen LogP contribution in [0.2, 0.25) is 0 Å². The summed E-state index contributed by atoms with van der Waals surface area (Å²) >= 11 is 0. The molecular weight excluding hydrogens is 136 g/mol. The molecule has 1 fully saturated rings. The first-order valence-corrected chi connectivity index (χ1v) is 4.95. The summed E-state index contributed by atoms with van der Waals surface area (Å²) in [5, 5.41) is 8.66. The highest BCUT2D eigenvalue weighted by Gasteiger charge is 2.20. The summed E-state index contributed by atoms with van der Waals surface area (Å²) in [5.41, 5.74) is 0. The highest BCUT2D eigenvalue weighted by Crippen LogP contribution is 2.33. The second kappa shape index (κ2) is 4.76. The SMILES string of the molecule is CC(CCCO)C1CCCC1. The van der Waals surface area contributed by atoms with E-state index in [1.807, 2.05) is 0 Å². The molecule has 1 heteroatoms. The van der Waals surface area contributed by atoms with Crippen molar-refractivity contribution >= 4 is 0 Å². The third-order valence-electron chi connectivity index (χ3n) is 3.02. The Bertz CT molecular complexity index is 95.0. The van der Waals surface area contributed by atoms with Crippen LogP contribution in [0.5, 0.6) is 0 Å². The molecule has 11 heavy (non-hydrogen) atoms. The molecule has 1 aliphatic rings. The van der Waals surface area contributed by atoms with Gasteiger partial charge in [-0.3, -0.25) is 0 Å². The van der Waals surface area contributed by atoms with E-state index in [2.05, 4.69) is 6.92 Å². The molecule has 66 valence electrons. The Kier molecular flexibility index (Phi) is 3.92. The number of aliphatic hydroxyl groups excluding tert-OH is 1. The summed E-state index contributed by atoms with van der Waals surface area (Å²) in [6.07, 6.45) is 7.97. The summed E-state index contributed by atoms with van der Waals surface area (Å²) < 4.78 is 0. The quantitative estimate of drug-likeness (QED) is 0.663. The van der Waals surface area contributed by atoms with Gasteiger partial charge in [0.15, 0.2) is 0 Å². The maximum Gasteiger partial charge on any atom is 0.0431 e. The maximum atomic E-state index is 8.66. The molecule has 1 saturated carbocycles. The van der Waals surface area contributed by atoms with E-state index in [0.717, 1.165) is 18.3 Å². The van der Waals surface area contributed by atoms with Crippen molar-refractivity contribution < 1.29 is 5.11 Å². The molecule has 0 aromatic rings. The summed E-state index contributed by atoms with van der Waals surface area (Å²) in [4.78, 5) is 0. The minimum absolute atomic E-state index is 0.372. The average molecular weight is 156 g/mol. The third-order valence-corrected chi connectivity index (χ3v) is 3.02. The van der Waals surface area contributed by atoms with Crippen molar-refractivity contribution in [2.75, 3.05) is 6.61 Å². The lowest BCUT2D eigenvalue weighted by Gasteiger charge is -2.17. The van der Waals surface area contributed by atoms with Gasteiger partial charge >= 0.3 is 0 Å². The van der Waals surface area contributed by atoms with Gasteiger partial charge in [-0.15, -0.1) is 0 Å². The van der Waals surface area contributed by atoms with Crippen LogP contribution < -0.4 is 0 Å². The van der Waals surface area contributed by atoms with Gasteiger partial charge in [0.25, 0.3) is 0 Å². The van der Waals surface area contributed by atoms with Crippen molar-refractivity contribution in [3.63, 3.8) is 0 Å². The van der Waals surface area contributed by atoms with Crippen LogP contribution in [-0.2, 0) is 0 Å². The van der Waals surface area contributed by atoms with Gasteiger partial charge < -0.3 is 5.11 Å². The van der Waals surface area contributed by atoms with E-state index < -0.39 is 0 Å². The number of hydrogen-bond acceptors (Lipinski definition) is 1. The molecule has 0 heterocycles. The first kappa shape index (κ1) is 9.05. The second-order valence-corrected chi connectivity index (χ2v) is 3.89. The molecule has 0 aromatic carbocycles. The molecule has 0 bridgehead atoms. The van der Waals surface area contributed by atoms with Gasteiger partial charge in [-0.1, -0.05) is 32.6 Å². The zero-order chi connectivity index (χ0) is 8.10. The minimum Gasteiger partial charge on any atom is -0.396 e. The topological polar surface area (TPSA) is 20.2 Å². The van der Waals surface area contributed by atoms with Gasteiger partial charge in [0.2, 0.25) is 0 Å². The van der Waals surface area contributed by atoms with E-state index in [4.69, 9.17) is 5.11 Å². The van der Waals surface area contributed by atoms with E-state index in [9.17, 15) is 0 Å². The number of hydrogen-bond donors (Lipinski definition) is 1. The normalized spacial score (nSPS) is 22.4. The van der Waals surface area contributed by atoms with Gasteiger partial charge in [0.1, 0.15) is 0 Å². The monoisotopic (exact) mass is 156 g/mol. The van der Waals surface area contributed by atoms with E-state index in [0.29, 0.717) is 6.61 Å². The van der Waals surface area contributed by atoms with Crippen molar-refractivity contribution in [2.24, 2.45) is 11.8 Å². The van der Waals surface area contributed by atoms with E-state index in [1.54, 1.807) is 0 Å². The molecule has 1 N–H and O–H groups in total. The van der Waals surface area contributed by atoms with Gasteiger partial charge in [-0.25, -0.2) is 0 Å². The maximum absolute atomic E-state index is 8.66. The first-order valence-electron chi connectivity index (χ1n) is 4.95. The summed E-state index contributed by atoms with van der Waals surface area (Å²) in [6, 6.07) is 0. The fraction of sp³-hybridized carbons (Fsp3) is 1.00. The molecule has 0 saturated heterocycles. The molecular formula is C10H20O. The molecule has 1 nitrogen and oxygen atoms in total. The van der Waals surface area contributed by atoms with Crippen LogP contribution in [0.4, 0.5) is 0 Å². The largest absolute Gasteiger partial charge is 0.396 e. The van der Waals surface area contributed by atoms with Gasteiger partial charge in [-0.2, -0.15) is 0 Å². The first-order chi connectivity index (χ1) is 5.34. The van der Waals surface area contributed by atoms with Crippen LogP contribution in [0.3, 0.4) is 0 Å². The Morgan fingerprint density at radius 1 is 1.36 bits per heavy atom. The lowest BCUT2D eigenvalue weighted by molar-refractivity contribution is 0.254. The van der Waals surface area contributed by atoms with Gasteiger partial charge in [-0.05, 0) is 24.7 Å². The van der Waals surface area contributed by atoms with Crippen LogP contribution in [0.1, 0.15) is 45.4 Å². The fourth-order valence-electron chi connectivity index (χ4n) is 2.18. The van der Waals surface area contributed by atoms with Crippen molar-refractivity contribution in [1.82, 2.24) is 0 Å². The number of aliphatic hydroxyl groups is 1. The smallest absolute Gasteiger partial charge is 0.0431 e. The standard InChI is InChI=1S/C10H20O/c1-9(5-4-8-11)10-6-2-3-7-10/h9-11H,2-8H2,1H3. The van der Waals surface area contributed by atoms with E-state index in [1.165, 1.54) is 32.1 Å². The average Bonchev–Trinajstić information content (AvgIpc) is 2.52. The van der Waals surface area contributed by atoms with Crippen LogP contribution in [0, 0.1) is 11.8 Å². The second-order valence-electron chi connectivity index (χ2n) is 3.89. The Morgan fingerprint density at radius 3 is 2.55 bits per heavy atom. The Hall–Kier alpha value is -0.0400. The Labute approximate surface area is 69.8 Å². The molecule has 0 amide bonds. The molecule has 0 spiro atoms. The minimum atomic E-state index is 0.372. The lowest BCUT2D eigenvalue weighted by Crippen LogP contribution is -2.07. The molecule has 1 unspecified atom stereocenters. The fourth-order valence-corrected chi connectivity index (χ4v) is 2.18. The third kappa shape index (κ3) is 2.82. The summed E-state index contributed by atoms with van der Waals surface area (Å²) in [6.45, 7) is 2.71. The highest BCUT2D eigenvalue weighted by atomic mass is 16.2. The molecule has 0 aromatic heterocycles. The van der Waals surface area contributed by atoms with Crippen molar-refractivity contribution in [3.05, 3.63) is 0 Å².